The Balaban J connectivity index is 1.62. The molecular formula is C25H26N2O6. The van der Waals surface area contributed by atoms with Crippen molar-refractivity contribution in [3.05, 3.63) is 64.2 Å². The first-order valence-corrected chi connectivity index (χ1v) is 11.2. The molecule has 0 aliphatic heterocycles. The number of hydrogen-bond acceptors (Lipinski definition) is 7. The third-order valence-corrected chi connectivity index (χ3v) is 6.22. The van der Waals surface area contributed by atoms with Crippen LogP contribution in [0.3, 0.4) is 0 Å². The lowest BCUT2D eigenvalue weighted by Crippen LogP contribution is -2.26. The molecule has 33 heavy (non-hydrogen) atoms. The fourth-order valence-corrected chi connectivity index (χ4v) is 4.52. The summed E-state index contributed by atoms with van der Waals surface area (Å²) in [5, 5.41) is 24.2. The average Bonchev–Trinajstić information content (AvgIpc) is 3.21. The fourth-order valence-electron chi connectivity index (χ4n) is 4.52. The molecule has 2 aromatic rings. The number of carbonyl (C=O) groups excluding carboxylic acids is 2. The minimum atomic E-state index is -1.13. The van der Waals surface area contributed by atoms with Crippen molar-refractivity contribution < 1.29 is 29.1 Å². The summed E-state index contributed by atoms with van der Waals surface area (Å²) in [6.45, 7) is 1.42. The predicted molar refractivity (Wildman–Crippen MR) is 120 cm³/mol. The second-order valence-electron chi connectivity index (χ2n) is 8.55. The van der Waals surface area contributed by atoms with Gasteiger partial charge in [0, 0.05) is 25.7 Å². The number of carboxylic acid groups (broad SMARTS) is 1. The summed E-state index contributed by atoms with van der Waals surface area (Å²) >= 11 is 0. The van der Waals surface area contributed by atoms with Gasteiger partial charge >= 0.3 is 5.97 Å². The Kier molecular flexibility index (Phi) is 6.53. The largest absolute Gasteiger partial charge is 0.511 e. The molecule has 8 nitrogen and oxygen atoms in total. The van der Waals surface area contributed by atoms with Crippen LogP contribution in [0.5, 0.6) is 0 Å². The van der Waals surface area contributed by atoms with Gasteiger partial charge in [0.25, 0.3) is 0 Å². The van der Waals surface area contributed by atoms with Gasteiger partial charge in [0.1, 0.15) is 17.6 Å². The van der Waals surface area contributed by atoms with Crippen LogP contribution in [0, 0.1) is 0 Å². The molecule has 2 N–H and O–H groups in total. The van der Waals surface area contributed by atoms with E-state index in [1.54, 1.807) is 0 Å². The molecule has 2 aliphatic carbocycles. The number of hydrogen-bond donors (Lipinski definition) is 2. The number of aliphatic hydroxyl groups excluding tert-OH is 1. The van der Waals surface area contributed by atoms with Crippen LogP contribution in [0.1, 0.15) is 72.3 Å². The molecule has 2 unspecified atom stereocenters. The smallest absolute Gasteiger partial charge is 0.328 e. The number of aliphatic carboxylic acids is 1. The van der Waals surface area contributed by atoms with E-state index >= 15 is 0 Å². The average molecular weight is 450 g/mol. The number of aryl methyl sites for hydroxylation is 2. The van der Waals surface area contributed by atoms with Gasteiger partial charge in [-0.05, 0) is 37.7 Å². The highest BCUT2D eigenvalue weighted by Crippen LogP contribution is 2.35. The molecule has 1 heterocycles. The minimum Gasteiger partial charge on any atom is -0.511 e. The lowest BCUT2D eigenvalue weighted by molar-refractivity contribution is -0.138. The van der Waals surface area contributed by atoms with Gasteiger partial charge in [-0.1, -0.05) is 35.5 Å². The van der Waals surface area contributed by atoms with Crippen molar-refractivity contribution in [2.45, 2.75) is 63.8 Å². The topological polar surface area (TPSA) is 130 Å². The van der Waals surface area contributed by atoms with E-state index in [2.05, 4.69) is 10.1 Å². The van der Waals surface area contributed by atoms with Crippen LogP contribution >= 0.6 is 0 Å². The molecule has 1 aromatic heterocycles. The fraction of sp³-hybridized carbons (Fsp3) is 0.400. The van der Waals surface area contributed by atoms with Gasteiger partial charge in [-0.3, -0.25) is 14.6 Å². The van der Waals surface area contributed by atoms with Gasteiger partial charge in [0.2, 0.25) is 0 Å². The van der Waals surface area contributed by atoms with Crippen molar-refractivity contribution >= 4 is 23.2 Å². The van der Waals surface area contributed by atoms with E-state index in [0.717, 1.165) is 12.0 Å². The highest BCUT2D eigenvalue weighted by atomic mass is 16.5. The number of benzene rings is 1. The molecule has 0 radical (unpaired) electrons. The molecule has 0 saturated carbocycles. The van der Waals surface area contributed by atoms with Gasteiger partial charge in [-0.25, -0.2) is 4.79 Å². The Labute approximate surface area is 191 Å². The van der Waals surface area contributed by atoms with Crippen molar-refractivity contribution in [1.29, 1.82) is 0 Å². The van der Waals surface area contributed by atoms with Crippen LogP contribution in [-0.2, 0) is 22.4 Å². The summed E-state index contributed by atoms with van der Waals surface area (Å²) in [4.78, 5) is 41.1. The molecule has 2 aliphatic rings. The third-order valence-electron chi connectivity index (χ3n) is 6.22. The molecule has 4 rings (SSSR count). The summed E-state index contributed by atoms with van der Waals surface area (Å²) < 4.78 is 5.33. The normalized spacial score (nSPS) is 20.0. The zero-order valence-electron chi connectivity index (χ0n) is 18.4. The molecule has 0 amide bonds. The van der Waals surface area contributed by atoms with Crippen molar-refractivity contribution in [1.82, 2.24) is 5.16 Å². The highest BCUT2D eigenvalue weighted by molar-refractivity contribution is 6.23. The number of aliphatic hydroxyl groups is 1. The Morgan fingerprint density at radius 3 is 2.64 bits per heavy atom. The van der Waals surface area contributed by atoms with E-state index in [0.29, 0.717) is 29.9 Å². The van der Waals surface area contributed by atoms with Gasteiger partial charge in [0.05, 0.1) is 22.5 Å². The van der Waals surface area contributed by atoms with Crippen LogP contribution in [0.15, 0.2) is 51.2 Å². The Hall–Kier alpha value is -3.55. The van der Waals surface area contributed by atoms with Gasteiger partial charge in [0.15, 0.2) is 11.6 Å². The zero-order chi connectivity index (χ0) is 23.5. The summed E-state index contributed by atoms with van der Waals surface area (Å²) in [5.41, 5.74) is 2.24. The number of nitrogens with zero attached hydrogens (tertiary/aromatic N) is 2. The van der Waals surface area contributed by atoms with Crippen molar-refractivity contribution in [2.24, 2.45) is 4.99 Å². The predicted octanol–water partition coefficient (Wildman–Crippen LogP) is 4.00. The summed E-state index contributed by atoms with van der Waals surface area (Å²) in [7, 11) is 0. The minimum absolute atomic E-state index is 0.0219. The molecule has 0 fully saturated rings. The summed E-state index contributed by atoms with van der Waals surface area (Å²) in [5.74, 6) is -1.10. The van der Waals surface area contributed by atoms with Crippen LogP contribution in [-0.4, -0.2) is 44.7 Å². The maximum absolute atomic E-state index is 13.1. The van der Waals surface area contributed by atoms with Crippen molar-refractivity contribution in [3.8, 4) is 0 Å². The Bertz CT molecular complexity index is 1140. The molecular weight excluding hydrogens is 424 g/mol. The lowest BCUT2D eigenvalue weighted by atomic mass is 9.80. The zero-order valence-corrected chi connectivity index (χ0v) is 18.4. The molecule has 2 atom stereocenters. The SMILES string of the molecule is CC(N=C(CCc1noc2c1C(=O)CCC2)C1=C(O)CC(c2ccccc2)CC1=O)C(=O)O. The number of fused-ring (bicyclic) bond motifs is 1. The van der Waals surface area contributed by atoms with Crippen LogP contribution in [0.2, 0.25) is 0 Å². The lowest BCUT2D eigenvalue weighted by Gasteiger charge is -2.25. The number of Topliss-reactive ketones (excluding diaryl/α,β-unsaturated/α-hetero) is 2. The Morgan fingerprint density at radius 2 is 1.94 bits per heavy atom. The quantitative estimate of drug-likeness (QED) is 0.610. The summed E-state index contributed by atoms with van der Waals surface area (Å²) in [6.07, 6.45) is 2.68. The molecule has 0 spiro atoms. The number of ketones is 2. The summed E-state index contributed by atoms with van der Waals surface area (Å²) in [6, 6.07) is 8.41. The molecule has 172 valence electrons. The first-order chi connectivity index (χ1) is 15.8. The number of allylic oxidation sites excluding steroid dienone is 2. The second-order valence-corrected chi connectivity index (χ2v) is 8.55. The van der Waals surface area contributed by atoms with E-state index < -0.39 is 12.0 Å². The first-order valence-electron chi connectivity index (χ1n) is 11.2. The van der Waals surface area contributed by atoms with Crippen molar-refractivity contribution in [2.75, 3.05) is 0 Å². The molecule has 1 aromatic carbocycles. The standard InChI is InChI=1S/C25H26N2O6/c1-14(25(31)32)26-17(10-11-18-24-19(28)8-5-9-22(24)33-27-18)23-20(29)12-16(13-21(23)30)15-6-3-2-4-7-15/h2-4,6-7,14,16,29H,5,8-13H2,1H3,(H,31,32). The van der Waals surface area contributed by atoms with Crippen LogP contribution in [0.4, 0.5) is 0 Å². The monoisotopic (exact) mass is 450 g/mol. The van der Waals surface area contributed by atoms with Crippen LogP contribution < -0.4 is 0 Å². The number of aromatic nitrogens is 1. The van der Waals surface area contributed by atoms with E-state index in [4.69, 9.17) is 4.52 Å². The van der Waals surface area contributed by atoms with Crippen LogP contribution in [0.25, 0.3) is 0 Å². The maximum atomic E-state index is 13.1. The maximum Gasteiger partial charge on any atom is 0.328 e. The van der Waals surface area contributed by atoms with Gasteiger partial charge in [-0.2, -0.15) is 0 Å². The Morgan fingerprint density at radius 1 is 1.18 bits per heavy atom. The van der Waals surface area contributed by atoms with E-state index in [9.17, 15) is 24.6 Å². The van der Waals surface area contributed by atoms with E-state index in [-0.39, 0.29) is 60.2 Å². The third kappa shape index (κ3) is 4.79. The molecule has 8 heteroatoms. The number of carboxylic acids is 1. The second kappa shape index (κ2) is 9.52. The highest BCUT2D eigenvalue weighted by Gasteiger charge is 2.33. The van der Waals surface area contributed by atoms with E-state index in [1.165, 1.54) is 6.92 Å². The molecule has 0 bridgehead atoms. The molecule has 0 saturated heterocycles. The number of rotatable bonds is 7. The number of aliphatic imine (C=N–C) groups is 1. The first kappa shape index (κ1) is 22.6. The van der Waals surface area contributed by atoms with Gasteiger partial charge in [-0.15, -0.1) is 0 Å². The number of carbonyl (C=O) groups is 3. The van der Waals surface area contributed by atoms with Crippen molar-refractivity contribution in [3.63, 3.8) is 0 Å². The van der Waals surface area contributed by atoms with Gasteiger partial charge < -0.3 is 14.7 Å². The van der Waals surface area contributed by atoms with E-state index in [1.807, 2.05) is 30.3 Å².